The van der Waals surface area contributed by atoms with Crippen molar-refractivity contribution in [3.8, 4) is 11.5 Å². The topological polar surface area (TPSA) is 26.3 Å². The lowest BCUT2D eigenvalue weighted by molar-refractivity contribution is 0.0143. The Morgan fingerprint density at radius 3 is 2.48 bits per heavy atom. The molecule has 0 amide bonds. The maximum Gasteiger partial charge on any atom is 0.360 e. The van der Waals surface area contributed by atoms with Gasteiger partial charge >= 0.3 is 5.25 Å². The van der Waals surface area contributed by atoms with Crippen molar-refractivity contribution < 1.29 is 35.3 Å². The van der Waals surface area contributed by atoms with E-state index in [0.29, 0.717) is 0 Å². The van der Waals surface area contributed by atoms with Gasteiger partial charge in [-0.1, -0.05) is 17.7 Å². The molecule has 1 unspecified atom stereocenters. The van der Waals surface area contributed by atoms with E-state index in [1.54, 1.807) is 0 Å². The van der Waals surface area contributed by atoms with E-state index in [-0.39, 0.29) is 10.8 Å². The van der Waals surface area contributed by atoms with Gasteiger partial charge in [0.25, 0.3) is 6.43 Å². The van der Waals surface area contributed by atoms with Crippen molar-refractivity contribution in [1.82, 2.24) is 0 Å². The maximum atomic E-state index is 13.8. The van der Waals surface area contributed by atoms with E-state index in [2.05, 4.69) is 0 Å². The second-order valence-electron chi connectivity index (χ2n) is 5.10. The first-order valence-electron chi connectivity index (χ1n) is 6.65. The van der Waals surface area contributed by atoms with Gasteiger partial charge in [0.05, 0.1) is 10.5 Å². The van der Waals surface area contributed by atoms with Crippen molar-refractivity contribution in [3.63, 3.8) is 0 Å². The fraction of sp³-hybridized carbons (Fsp3) is 0.200. The Balaban J connectivity index is 2.14. The number of halogens is 7. The minimum absolute atomic E-state index is 0.0892. The Labute approximate surface area is 144 Å². The highest BCUT2D eigenvalue weighted by atomic mass is 35.5. The number of hydrogen-bond donors (Lipinski definition) is 0. The third-order valence-electron chi connectivity index (χ3n) is 3.47. The summed E-state index contributed by atoms with van der Waals surface area (Å²) in [6.07, 6.45) is -6.35. The molecule has 2 aromatic rings. The predicted molar refractivity (Wildman–Crippen MR) is 78.1 cm³/mol. The van der Waals surface area contributed by atoms with Crippen LogP contribution in [0, 0.1) is 5.82 Å². The zero-order valence-electron chi connectivity index (χ0n) is 11.9. The molecule has 0 fully saturated rings. The van der Waals surface area contributed by atoms with E-state index < -0.39 is 56.2 Å². The first kappa shape index (κ1) is 18.1. The fourth-order valence-electron chi connectivity index (χ4n) is 2.43. The molecule has 0 spiro atoms. The van der Waals surface area contributed by atoms with Gasteiger partial charge in [-0.05, 0) is 18.2 Å². The van der Waals surface area contributed by atoms with E-state index in [0.717, 1.165) is 30.3 Å². The number of rotatable bonds is 3. The summed E-state index contributed by atoms with van der Waals surface area (Å²) < 4.78 is 98.0. The highest BCUT2D eigenvalue weighted by Gasteiger charge is 2.57. The third kappa shape index (κ3) is 2.99. The highest BCUT2D eigenvalue weighted by molar-refractivity contribution is 7.86. The molecule has 3 rings (SSSR count). The molecule has 2 nitrogen and oxygen atoms in total. The molecule has 1 heterocycles. The lowest BCUT2D eigenvalue weighted by Crippen LogP contribution is -2.22. The summed E-state index contributed by atoms with van der Waals surface area (Å²) in [5.74, 6) is -1.74. The quantitative estimate of drug-likeness (QED) is 0.596. The predicted octanol–water partition coefficient (Wildman–Crippen LogP) is 5.93. The molecule has 0 radical (unpaired) electrons. The summed E-state index contributed by atoms with van der Waals surface area (Å²) in [5.41, 5.74) is -1.92. The molecule has 1 aliphatic rings. The second kappa shape index (κ2) is 6.21. The number of alkyl halides is 5. The molecular weight excluding hydrogens is 394 g/mol. The Hall–Kier alpha value is -1.74. The Morgan fingerprint density at radius 1 is 1.20 bits per heavy atom. The Kier molecular flexibility index (Phi) is 4.48. The van der Waals surface area contributed by atoms with E-state index in [4.69, 9.17) is 16.3 Å². The maximum absolute atomic E-state index is 13.8. The number of ether oxygens (including phenoxy) is 1. The molecule has 25 heavy (non-hydrogen) atoms. The molecular formula is C15H7ClF6O2S. The normalized spacial score (nSPS) is 21.4. The van der Waals surface area contributed by atoms with Crippen LogP contribution in [0.4, 0.5) is 26.3 Å². The van der Waals surface area contributed by atoms with Crippen LogP contribution in [0.1, 0.15) is 23.7 Å². The minimum atomic E-state index is -4.33. The zero-order valence-corrected chi connectivity index (χ0v) is 13.5. The minimum Gasteiger partial charge on any atom is -0.457 e. The van der Waals surface area contributed by atoms with E-state index >= 15 is 0 Å². The van der Waals surface area contributed by atoms with Crippen molar-refractivity contribution in [2.45, 2.75) is 22.7 Å². The van der Waals surface area contributed by atoms with Gasteiger partial charge in [-0.15, -0.1) is 0 Å². The summed E-state index contributed by atoms with van der Waals surface area (Å²) in [4.78, 5) is -1.01. The van der Waals surface area contributed by atoms with Gasteiger partial charge in [-0.3, -0.25) is 0 Å². The van der Waals surface area contributed by atoms with Crippen molar-refractivity contribution in [1.29, 1.82) is 0 Å². The summed E-state index contributed by atoms with van der Waals surface area (Å²) in [5, 5.41) is -4.42. The molecule has 0 N–H and O–H groups in total. The van der Waals surface area contributed by atoms with E-state index in [1.165, 1.54) is 0 Å². The molecule has 0 aromatic heterocycles. The van der Waals surface area contributed by atoms with Gasteiger partial charge in [0.2, 0.25) is 6.17 Å². The standard InChI is InChI=1S/C15H7ClF6O2S/c16-6-3-7(17)5-8(4-6)24-10-2-1-9-12(11(10)14(19)20)25(23)15(21,22)13(9)18/h1-5,13-14H/t13-,25?/m1/s1. The van der Waals surface area contributed by atoms with Crippen LogP contribution in [0.3, 0.4) is 0 Å². The highest BCUT2D eigenvalue weighted by Crippen LogP contribution is 2.53. The van der Waals surface area contributed by atoms with Crippen molar-refractivity contribution >= 4 is 22.4 Å². The van der Waals surface area contributed by atoms with Crippen molar-refractivity contribution in [2.24, 2.45) is 0 Å². The van der Waals surface area contributed by atoms with Crippen LogP contribution in [0.5, 0.6) is 11.5 Å². The van der Waals surface area contributed by atoms with E-state index in [9.17, 15) is 30.6 Å². The van der Waals surface area contributed by atoms with Crippen LogP contribution in [0.15, 0.2) is 35.2 Å². The molecule has 2 atom stereocenters. The molecule has 0 bridgehead atoms. The monoisotopic (exact) mass is 400 g/mol. The molecule has 1 aliphatic heterocycles. The van der Waals surface area contributed by atoms with Crippen LogP contribution in [-0.2, 0) is 10.8 Å². The van der Waals surface area contributed by atoms with Gasteiger partial charge in [0.1, 0.15) is 28.1 Å². The average molecular weight is 401 g/mol. The molecule has 0 saturated heterocycles. The average Bonchev–Trinajstić information content (AvgIpc) is 2.67. The van der Waals surface area contributed by atoms with Gasteiger partial charge in [0.15, 0.2) is 0 Å². The summed E-state index contributed by atoms with van der Waals surface area (Å²) in [7, 11) is -3.32. The smallest absolute Gasteiger partial charge is 0.360 e. The van der Waals surface area contributed by atoms with Crippen LogP contribution in [0.25, 0.3) is 0 Å². The lowest BCUT2D eigenvalue weighted by atomic mass is 10.1. The second-order valence-corrected chi connectivity index (χ2v) is 7.02. The van der Waals surface area contributed by atoms with Gasteiger partial charge in [0, 0.05) is 16.7 Å². The lowest BCUT2D eigenvalue weighted by Gasteiger charge is -2.14. The number of fused-ring (bicyclic) bond motifs is 1. The van der Waals surface area contributed by atoms with Crippen molar-refractivity contribution in [2.75, 3.05) is 0 Å². The van der Waals surface area contributed by atoms with Crippen LogP contribution in [0.2, 0.25) is 5.02 Å². The Bertz CT molecular complexity index is 853. The number of hydrogen-bond acceptors (Lipinski definition) is 2. The summed E-state index contributed by atoms with van der Waals surface area (Å²) in [6.45, 7) is 0. The first-order chi connectivity index (χ1) is 11.6. The van der Waals surface area contributed by atoms with Crippen LogP contribution in [-0.4, -0.2) is 9.46 Å². The van der Waals surface area contributed by atoms with E-state index in [1.807, 2.05) is 0 Å². The zero-order chi connectivity index (χ0) is 18.5. The third-order valence-corrected chi connectivity index (χ3v) is 5.22. The summed E-state index contributed by atoms with van der Waals surface area (Å²) >= 11 is 5.63. The summed E-state index contributed by atoms with van der Waals surface area (Å²) in [6, 6.07) is 4.51. The van der Waals surface area contributed by atoms with Crippen LogP contribution < -0.4 is 4.74 Å². The largest absolute Gasteiger partial charge is 0.457 e. The Morgan fingerprint density at radius 2 is 1.88 bits per heavy atom. The molecule has 2 aromatic carbocycles. The molecule has 134 valence electrons. The fourth-order valence-corrected chi connectivity index (χ4v) is 4.00. The van der Waals surface area contributed by atoms with Crippen LogP contribution >= 0.6 is 11.6 Å². The van der Waals surface area contributed by atoms with Gasteiger partial charge in [-0.2, -0.15) is 8.78 Å². The SMILES string of the molecule is O=S1c2c(ccc(Oc3cc(F)cc(Cl)c3)c2C(F)F)[C@@H](F)C1(F)F. The van der Waals surface area contributed by atoms with Crippen molar-refractivity contribution in [3.05, 3.63) is 52.3 Å². The molecule has 10 heteroatoms. The van der Waals surface area contributed by atoms with Gasteiger partial charge < -0.3 is 4.74 Å². The first-order valence-corrected chi connectivity index (χ1v) is 8.18. The molecule has 0 saturated carbocycles. The number of benzene rings is 2. The van der Waals surface area contributed by atoms with Gasteiger partial charge in [-0.25, -0.2) is 21.8 Å². The molecule has 0 aliphatic carbocycles.